The van der Waals surface area contributed by atoms with Crippen molar-refractivity contribution in [2.45, 2.75) is 45.2 Å². The Morgan fingerprint density at radius 3 is 2.47 bits per heavy atom. The van der Waals surface area contributed by atoms with E-state index < -0.39 is 0 Å². The highest BCUT2D eigenvalue weighted by Crippen LogP contribution is 2.28. The molecule has 4 heterocycles. The van der Waals surface area contributed by atoms with Crippen molar-refractivity contribution < 1.29 is 0 Å². The van der Waals surface area contributed by atoms with Crippen molar-refractivity contribution in [2.24, 2.45) is 0 Å². The molecule has 3 N–H and O–H groups in total. The van der Waals surface area contributed by atoms with Crippen molar-refractivity contribution in [3.63, 3.8) is 0 Å². The molecule has 5 aromatic rings. The van der Waals surface area contributed by atoms with Crippen LogP contribution in [0.1, 0.15) is 50.3 Å². The minimum atomic E-state index is 0.340. The molecule has 0 radical (unpaired) electrons. The van der Waals surface area contributed by atoms with E-state index in [4.69, 9.17) is 15.0 Å². The van der Waals surface area contributed by atoms with Gasteiger partial charge in [-0.25, -0.2) is 9.97 Å². The average molecular weight is 480 g/mol. The number of pyridine rings is 1. The van der Waals surface area contributed by atoms with Gasteiger partial charge in [-0.1, -0.05) is 31.5 Å². The lowest BCUT2D eigenvalue weighted by molar-refractivity contribution is 0.314. The third-order valence-corrected chi connectivity index (χ3v) is 7.13. The van der Waals surface area contributed by atoms with Crippen LogP contribution in [0.5, 0.6) is 0 Å². The third-order valence-electron chi connectivity index (χ3n) is 7.13. The van der Waals surface area contributed by atoms with Gasteiger partial charge in [0.05, 0.1) is 40.3 Å². The number of rotatable bonds is 8. The van der Waals surface area contributed by atoms with Gasteiger partial charge >= 0.3 is 0 Å². The summed E-state index contributed by atoms with van der Waals surface area (Å²) in [6.07, 6.45) is 6.71. The molecule has 1 aliphatic rings. The molecule has 0 bridgehead atoms. The molecule has 6 rings (SSSR count). The Morgan fingerprint density at radius 1 is 0.917 bits per heavy atom. The van der Waals surface area contributed by atoms with Crippen molar-refractivity contribution in [1.29, 1.82) is 0 Å². The molecule has 1 atom stereocenters. The number of hydrogen-bond acceptors (Lipinski definition) is 5. The van der Waals surface area contributed by atoms with Crippen LogP contribution in [0.25, 0.3) is 44.5 Å². The molecule has 7 nitrogen and oxygen atoms in total. The van der Waals surface area contributed by atoms with Crippen molar-refractivity contribution in [3.05, 3.63) is 66.4 Å². The Morgan fingerprint density at radius 2 is 1.69 bits per heavy atom. The normalized spacial score (nSPS) is 16.0. The van der Waals surface area contributed by atoms with Gasteiger partial charge in [0.15, 0.2) is 0 Å². The molecular weight excluding hydrogens is 446 g/mol. The van der Waals surface area contributed by atoms with Crippen LogP contribution in [0, 0.1) is 0 Å². The molecule has 184 valence electrons. The van der Waals surface area contributed by atoms with E-state index in [1.54, 1.807) is 0 Å². The maximum Gasteiger partial charge on any atom is 0.124 e. The zero-order valence-corrected chi connectivity index (χ0v) is 21.0. The number of fused-ring (bicyclic) bond motifs is 2. The predicted molar refractivity (Wildman–Crippen MR) is 146 cm³/mol. The fourth-order valence-electron chi connectivity index (χ4n) is 5.09. The number of aromatic nitrogens is 5. The molecule has 7 heteroatoms. The van der Waals surface area contributed by atoms with Crippen molar-refractivity contribution >= 4 is 22.1 Å². The fourth-order valence-corrected chi connectivity index (χ4v) is 5.09. The minimum absolute atomic E-state index is 0.340. The van der Waals surface area contributed by atoms with E-state index in [-0.39, 0.29) is 0 Å². The monoisotopic (exact) mass is 479 g/mol. The molecule has 2 aromatic carbocycles. The molecule has 0 amide bonds. The lowest BCUT2D eigenvalue weighted by Crippen LogP contribution is -2.19. The van der Waals surface area contributed by atoms with Crippen molar-refractivity contribution in [2.75, 3.05) is 20.1 Å². The van der Waals surface area contributed by atoms with Gasteiger partial charge in [-0.2, -0.15) is 0 Å². The maximum atomic E-state index is 4.79. The van der Waals surface area contributed by atoms with E-state index in [2.05, 4.69) is 82.7 Å². The predicted octanol–water partition coefficient (Wildman–Crippen LogP) is 5.82. The topological polar surface area (TPSA) is 85.5 Å². The summed E-state index contributed by atoms with van der Waals surface area (Å²) in [5, 5.41) is 3.52. The first kappa shape index (κ1) is 22.9. The van der Waals surface area contributed by atoms with Crippen LogP contribution < -0.4 is 5.32 Å². The van der Waals surface area contributed by atoms with Crippen molar-refractivity contribution in [3.8, 4) is 22.4 Å². The molecule has 1 unspecified atom stereocenters. The first-order valence-electron chi connectivity index (χ1n) is 13.0. The largest absolute Gasteiger partial charge is 0.341 e. The summed E-state index contributed by atoms with van der Waals surface area (Å²) in [4.78, 5) is 23.7. The fraction of sp³-hybridized carbons (Fsp3) is 0.345. The van der Waals surface area contributed by atoms with Crippen LogP contribution in [0.2, 0.25) is 0 Å². The van der Waals surface area contributed by atoms with E-state index in [1.807, 2.05) is 6.20 Å². The number of nitrogens with one attached hydrogen (secondary N) is 3. The van der Waals surface area contributed by atoms with Crippen LogP contribution in [0.3, 0.4) is 0 Å². The van der Waals surface area contributed by atoms with Gasteiger partial charge in [0, 0.05) is 17.3 Å². The van der Waals surface area contributed by atoms with E-state index in [0.717, 1.165) is 82.2 Å². The molecular formula is C29H33N7. The lowest BCUT2D eigenvalue weighted by Gasteiger charge is -2.13. The summed E-state index contributed by atoms with van der Waals surface area (Å²) in [7, 11) is 2.15. The van der Waals surface area contributed by atoms with Gasteiger partial charge in [0.2, 0.25) is 0 Å². The standard InChI is InChI=1S/C29H33N7/c1-3-4-14-36(2)18-28-32-23-12-8-20(16-26(23)33-28)22-10-9-21(17-31-22)19-7-11-24-27(15-19)35-29(34-24)25-6-5-13-30-25/h7-12,15-17,25,30H,3-6,13-14,18H2,1-2H3,(H,32,33)(H,34,35). The van der Waals surface area contributed by atoms with Gasteiger partial charge < -0.3 is 15.3 Å². The Hall–Kier alpha value is -3.55. The highest BCUT2D eigenvalue weighted by molar-refractivity contribution is 5.83. The summed E-state index contributed by atoms with van der Waals surface area (Å²) in [5.74, 6) is 2.04. The Balaban J connectivity index is 1.21. The summed E-state index contributed by atoms with van der Waals surface area (Å²) in [6.45, 7) is 5.20. The number of aromatic amines is 2. The first-order chi connectivity index (χ1) is 17.7. The molecule has 1 aliphatic heterocycles. The zero-order chi connectivity index (χ0) is 24.5. The SMILES string of the molecule is CCCCN(C)Cc1nc2ccc(-c3ccc(-c4ccc5nc(C6CCCN6)[nH]c5c4)cn3)cc2[nH]1. The van der Waals surface area contributed by atoms with Crippen LogP contribution in [0.15, 0.2) is 54.7 Å². The molecule has 3 aromatic heterocycles. The second-order valence-electron chi connectivity index (χ2n) is 9.94. The van der Waals surface area contributed by atoms with Crippen LogP contribution >= 0.6 is 0 Å². The number of hydrogen-bond donors (Lipinski definition) is 3. The second kappa shape index (κ2) is 9.84. The quantitative estimate of drug-likeness (QED) is 0.261. The van der Waals surface area contributed by atoms with E-state index >= 15 is 0 Å². The van der Waals surface area contributed by atoms with Crippen LogP contribution in [-0.2, 0) is 6.54 Å². The molecule has 0 saturated carbocycles. The molecule has 0 spiro atoms. The second-order valence-corrected chi connectivity index (χ2v) is 9.94. The average Bonchev–Trinajstić information content (AvgIpc) is 3.65. The van der Waals surface area contributed by atoms with E-state index in [9.17, 15) is 0 Å². The van der Waals surface area contributed by atoms with Gasteiger partial charge in [-0.15, -0.1) is 0 Å². The van der Waals surface area contributed by atoms with Gasteiger partial charge in [0.25, 0.3) is 0 Å². The number of benzene rings is 2. The Bertz CT molecular complexity index is 1480. The van der Waals surface area contributed by atoms with E-state index in [0.29, 0.717) is 6.04 Å². The summed E-state index contributed by atoms with van der Waals surface area (Å²) in [6, 6.07) is 17.3. The summed E-state index contributed by atoms with van der Waals surface area (Å²) >= 11 is 0. The number of unbranched alkanes of at least 4 members (excludes halogenated alkanes) is 1. The Kier molecular flexibility index (Phi) is 6.25. The van der Waals surface area contributed by atoms with E-state index in [1.165, 1.54) is 19.3 Å². The van der Waals surface area contributed by atoms with Crippen LogP contribution in [-0.4, -0.2) is 50.0 Å². The van der Waals surface area contributed by atoms with Crippen LogP contribution in [0.4, 0.5) is 0 Å². The summed E-state index contributed by atoms with van der Waals surface area (Å²) < 4.78 is 0. The molecule has 36 heavy (non-hydrogen) atoms. The zero-order valence-electron chi connectivity index (χ0n) is 21.0. The molecule has 0 aliphatic carbocycles. The summed E-state index contributed by atoms with van der Waals surface area (Å²) in [5.41, 5.74) is 8.39. The first-order valence-corrected chi connectivity index (χ1v) is 13.0. The smallest absolute Gasteiger partial charge is 0.124 e. The van der Waals surface area contributed by atoms with Gasteiger partial charge in [-0.3, -0.25) is 9.88 Å². The number of imidazole rings is 2. The minimum Gasteiger partial charge on any atom is -0.341 e. The van der Waals surface area contributed by atoms with Crippen molar-refractivity contribution in [1.82, 2.24) is 35.1 Å². The number of H-pyrrole nitrogens is 2. The van der Waals surface area contributed by atoms with Gasteiger partial charge in [0.1, 0.15) is 11.6 Å². The third kappa shape index (κ3) is 4.64. The maximum absolute atomic E-state index is 4.79. The van der Waals surface area contributed by atoms with Gasteiger partial charge in [-0.05, 0) is 75.3 Å². The highest BCUT2D eigenvalue weighted by atomic mass is 15.1. The molecule has 1 saturated heterocycles. The number of nitrogens with zero attached hydrogens (tertiary/aromatic N) is 4. The molecule has 1 fully saturated rings. The lowest BCUT2D eigenvalue weighted by atomic mass is 10.0. The Labute approximate surface area is 211 Å². The highest BCUT2D eigenvalue weighted by Gasteiger charge is 2.19.